The molecule has 0 spiro atoms. The first-order valence-electron chi connectivity index (χ1n) is 8.91. The van der Waals surface area contributed by atoms with Crippen molar-refractivity contribution < 1.29 is 17.9 Å². The summed E-state index contributed by atoms with van der Waals surface area (Å²) in [6, 6.07) is 6.55. The predicted molar refractivity (Wildman–Crippen MR) is 112 cm³/mol. The van der Waals surface area contributed by atoms with Gasteiger partial charge in [-0.25, -0.2) is 0 Å². The lowest BCUT2D eigenvalue weighted by Crippen LogP contribution is -2.42. The molecule has 1 aromatic rings. The van der Waals surface area contributed by atoms with Crippen LogP contribution >= 0.6 is 24.0 Å². The van der Waals surface area contributed by atoms with Crippen molar-refractivity contribution in [1.82, 2.24) is 15.5 Å². The minimum Gasteiger partial charge on any atom is -0.484 e. The number of nitrogens with one attached hydrogen (secondary N) is 2. The second-order valence-electron chi connectivity index (χ2n) is 6.30. The molecule has 0 radical (unpaired) electrons. The smallest absolute Gasteiger partial charge is 0.422 e. The van der Waals surface area contributed by atoms with E-state index in [-0.39, 0.29) is 29.7 Å². The molecule has 1 aromatic carbocycles. The van der Waals surface area contributed by atoms with Gasteiger partial charge in [0.05, 0.1) is 0 Å². The lowest BCUT2D eigenvalue weighted by atomic mass is 10.1. The van der Waals surface area contributed by atoms with Crippen LogP contribution in [0.5, 0.6) is 5.75 Å². The summed E-state index contributed by atoms with van der Waals surface area (Å²) in [5.41, 5.74) is 0.934. The molecule has 0 aromatic heterocycles. The molecular formula is C18H28F3IN4O. The lowest BCUT2D eigenvalue weighted by molar-refractivity contribution is -0.153. The second-order valence-corrected chi connectivity index (χ2v) is 6.30. The van der Waals surface area contributed by atoms with Crippen molar-refractivity contribution in [2.24, 2.45) is 4.99 Å². The SMILES string of the molecule is CN=C(NCCN1CCCCC1)NCc1ccc(OCC(F)(F)F)cc1.I. The van der Waals surface area contributed by atoms with Crippen LogP contribution in [0.2, 0.25) is 0 Å². The first kappa shape index (κ1) is 23.8. The van der Waals surface area contributed by atoms with E-state index in [4.69, 9.17) is 4.74 Å². The highest BCUT2D eigenvalue weighted by molar-refractivity contribution is 14.0. The van der Waals surface area contributed by atoms with Gasteiger partial charge >= 0.3 is 6.18 Å². The van der Waals surface area contributed by atoms with E-state index in [0.717, 1.165) is 31.7 Å². The van der Waals surface area contributed by atoms with E-state index in [1.165, 1.54) is 31.4 Å². The van der Waals surface area contributed by atoms with Crippen molar-refractivity contribution in [3.63, 3.8) is 0 Å². The molecule has 0 atom stereocenters. The van der Waals surface area contributed by atoms with Gasteiger partial charge in [0.15, 0.2) is 12.6 Å². The summed E-state index contributed by atoms with van der Waals surface area (Å²) in [5.74, 6) is 0.912. The van der Waals surface area contributed by atoms with Crippen LogP contribution in [0.1, 0.15) is 24.8 Å². The molecule has 2 N–H and O–H groups in total. The molecule has 1 aliphatic heterocycles. The third-order valence-electron chi connectivity index (χ3n) is 4.18. The number of nitrogens with zero attached hydrogens (tertiary/aromatic N) is 2. The Morgan fingerprint density at radius 2 is 1.78 bits per heavy atom. The highest BCUT2D eigenvalue weighted by Gasteiger charge is 2.28. The van der Waals surface area contributed by atoms with Gasteiger partial charge in [0.2, 0.25) is 0 Å². The molecule has 0 unspecified atom stereocenters. The maximum absolute atomic E-state index is 12.1. The predicted octanol–water partition coefficient (Wildman–Crippen LogP) is 3.40. The topological polar surface area (TPSA) is 48.9 Å². The van der Waals surface area contributed by atoms with Gasteiger partial charge in [-0.2, -0.15) is 13.2 Å². The number of benzene rings is 1. The first-order valence-corrected chi connectivity index (χ1v) is 8.91. The molecule has 0 aliphatic carbocycles. The molecule has 27 heavy (non-hydrogen) atoms. The normalized spacial score (nSPS) is 15.8. The van der Waals surface area contributed by atoms with E-state index >= 15 is 0 Å². The Hall–Kier alpha value is -1.23. The molecule has 1 saturated heterocycles. The van der Waals surface area contributed by atoms with Crippen LogP contribution in [0, 0.1) is 0 Å². The molecular weight excluding hydrogens is 472 g/mol. The number of rotatable bonds is 7. The number of ether oxygens (including phenoxy) is 1. The fraction of sp³-hybridized carbons (Fsp3) is 0.611. The maximum atomic E-state index is 12.1. The van der Waals surface area contributed by atoms with Gasteiger partial charge in [0, 0.05) is 26.7 Å². The zero-order chi connectivity index (χ0) is 18.8. The number of hydrogen-bond acceptors (Lipinski definition) is 3. The van der Waals surface area contributed by atoms with Crippen LogP contribution in [0.3, 0.4) is 0 Å². The van der Waals surface area contributed by atoms with Crippen LogP contribution in [0.4, 0.5) is 13.2 Å². The van der Waals surface area contributed by atoms with E-state index in [2.05, 4.69) is 20.5 Å². The molecule has 154 valence electrons. The Bertz CT molecular complexity index is 561. The molecule has 1 aliphatic rings. The summed E-state index contributed by atoms with van der Waals surface area (Å²) < 4.78 is 41.1. The Morgan fingerprint density at radius 3 is 2.37 bits per heavy atom. The molecule has 1 heterocycles. The number of piperidine rings is 1. The Labute approximate surface area is 175 Å². The van der Waals surface area contributed by atoms with Crippen LogP contribution in [-0.2, 0) is 6.54 Å². The number of likely N-dealkylation sites (tertiary alicyclic amines) is 1. The summed E-state index contributed by atoms with van der Waals surface area (Å²) in [6.45, 7) is 3.39. The van der Waals surface area contributed by atoms with Crippen LogP contribution < -0.4 is 15.4 Å². The summed E-state index contributed by atoms with van der Waals surface area (Å²) in [7, 11) is 1.71. The van der Waals surface area contributed by atoms with E-state index in [1.54, 1.807) is 19.2 Å². The molecule has 0 saturated carbocycles. The molecule has 9 heteroatoms. The van der Waals surface area contributed by atoms with E-state index < -0.39 is 12.8 Å². The highest BCUT2D eigenvalue weighted by Crippen LogP contribution is 2.18. The fourth-order valence-corrected chi connectivity index (χ4v) is 2.79. The lowest BCUT2D eigenvalue weighted by Gasteiger charge is -2.26. The van der Waals surface area contributed by atoms with Crippen LogP contribution in [0.15, 0.2) is 29.3 Å². The van der Waals surface area contributed by atoms with Crippen molar-refractivity contribution in [3.05, 3.63) is 29.8 Å². The van der Waals surface area contributed by atoms with E-state index in [1.807, 2.05) is 0 Å². The Balaban J connectivity index is 0.00000364. The minimum absolute atomic E-state index is 0. The molecule has 0 bridgehead atoms. The molecule has 1 fully saturated rings. The van der Waals surface area contributed by atoms with Crippen LogP contribution in [0.25, 0.3) is 0 Å². The highest BCUT2D eigenvalue weighted by atomic mass is 127. The summed E-state index contributed by atoms with van der Waals surface area (Å²) in [4.78, 5) is 6.63. The van der Waals surface area contributed by atoms with Crippen molar-refractivity contribution in [2.45, 2.75) is 32.0 Å². The van der Waals surface area contributed by atoms with Gasteiger partial charge in [-0.3, -0.25) is 4.99 Å². The summed E-state index contributed by atoms with van der Waals surface area (Å²) in [6.07, 6.45) is -0.453. The van der Waals surface area contributed by atoms with Gasteiger partial charge in [-0.05, 0) is 43.6 Å². The summed E-state index contributed by atoms with van der Waals surface area (Å²) >= 11 is 0. The zero-order valence-corrected chi connectivity index (χ0v) is 17.8. The van der Waals surface area contributed by atoms with Crippen molar-refractivity contribution in [3.8, 4) is 5.75 Å². The van der Waals surface area contributed by atoms with Crippen LogP contribution in [-0.4, -0.2) is 56.9 Å². The number of aliphatic imine (C=N–C) groups is 1. The largest absolute Gasteiger partial charge is 0.484 e. The number of halogens is 4. The molecule has 0 amide bonds. The second kappa shape index (κ2) is 12.3. The molecule has 5 nitrogen and oxygen atoms in total. The maximum Gasteiger partial charge on any atom is 0.422 e. The average molecular weight is 500 g/mol. The standard InChI is InChI=1S/C18H27F3N4O.HI/c1-22-17(23-9-12-25-10-3-2-4-11-25)24-13-15-5-7-16(8-6-15)26-14-18(19,20)21;/h5-8H,2-4,9-14H2,1H3,(H2,22,23,24);1H. The van der Waals surface area contributed by atoms with Crippen molar-refractivity contribution >= 4 is 29.9 Å². The summed E-state index contributed by atoms with van der Waals surface area (Å²) in [5, 5.41) is 6.48. The van der Waals surface area contributed by atoms with Crippen molar-refractivity contribution in [1.29, 1.82) is 0 Å². The monoisotopic (exact) mass is 500 g/mol. The molecule has 2 rings (SSSR count). The average Bonchev–Trinajstić information content (AvgIpc) is 2.64. The third kappa shape index (κ3) is 10.0. The third-order valence-corrected chi connectivity index (χ3v) is 4.18. The van der Waals surface area contributed by atoms with Gasteiger partial charge in [-0.1, -0.05) is 18.6 Å². The number of alkyl halides is 3. The minimum atomic E-state index is -4.33. The van der Waals surface area contributed by atoms with Gasteiger partial charge < -0.3 is 20.3 Å². The van der Waals surface area contributed by atoms with E-state index in [9.17, 15) is 13.2 Å². The fourth-order valence-electron chi connectivity index (χ4n) is 2.79. The van der Waals surface area contributed by atoms with Crippen molar-refractivity contribution in [2.75, 3.05) is 39.8 Å². The number of guanidine groups is 1. The Morgan fingerprint density at radius 1 is 1.11 bits per heavy atom. The first-order chi connectivity index (χ1) is 12.5. The van der Waals surface area contributed by atoms with Gasteiger partial charge in [-0.15, -0.1) is 24.0 Å². The number of hydrogen-bond donors (Lipinski definition) is 2. The van der Waals surface area contributed by atoms with Gasteiger partial charge in [0.25, 0.3) is 0 Å². The zero-order valence-electron chi connectivity index (χ0n) is 15.5. The Kier molecular flexibility index (Phi) is 10.8. The van der Waals surface area contributed by atoms with Gasteiger partial charge in [0.1, 0.15) is 5.75 Å². The quantitative estimate of drug-likeness (QED) is 0.343. The van der Waals surface area contributed by atoms with E-state index in [0.29, 0.717) is 12.5 Å².